The molecule has 3 saturated heterocycles. The number of nitrogens with zero attached hydrogens (tertiary/aromatic N) is 16. The Morgan fingerprint density at radius 3 is 1.36 bits per heavy atom. The molecule has 6 atom stereocenters. The average Bonchev–Trinajstić information content (AvgIpc) is 1.58. The monoisotopic (exact) mass is 1200 g/mol. The van der Waals surface area contributed by atoms with Gasteiger partial charge in [0.2, 0.25) is 17.7 Å². The fourth-order valence-corrected chi connectivity index (χ4v) is 11.5. The zero-order valence-corrected chi connectivity index (χ0v) is 51.6. The number of nitriles is 2. The van der Waals surface area contributed by atoms with Gasteiger partial charge in [-0.1, -0.05) is 23.7 Å². The standard InChI is InChI=1S/C24H29N7O2.C24H27N7O.C15H20ClN5O/c1-15-16(13-21(32)30(2)3)7-5-11-31(15)20-14-27-22(23(25)33)24(29-20)28-18-8-9-19-17(12-18)6-4-10-26-19;1-16-17(13-23(32)30(2)3)7-5-11-31(16)22-15-27-21(14-25)24(29-22)28-19-8-9-20-18(12-19)6-4-10-26-20;1-10-11(7-14(22)20(2)3)5-4-6-21(10)13-9-18-12(8-17)15(16)19-13/h4,6,8-10,12,14-16H,5,7,11,13H2,1-3H3,(H2,25,33)(H,28,29);4,6,8-10,12,15-17H,5,7,11,13H2,1-3H3,(H,28,29);9-11H,4-7H2,1-3H3. The lowest BCUT2D eigenvalue weighted by Crippen LogP contribution is -2.45. The second kappa shape index (κ2) is 29.2. The van der Waals surface area contributed by atoms with Gasteiger partial charge in [-0.05, 0) is 126 Å². The Bertz CT molecular complexity index is 3680. The van der Waals surface area contributed by atoms with Gasteiger partial charge in [0, 0.05) is 134 Å². The molecule has 10 rings (SSSR count). The quantitative estimate of drug-likeness (QED) is 0.0916. The number of nitrogens with one attached hydrogen (secondary N) is 2. The van der Waals surface area contributed by atoms with E-state index in [-0.39, 0.29) is 75.8 Å². The van der Waals surface area contributed by atoms with E-state index in [0.717, 1.165) is 91.3 Å². The topological polar surface area (TPSA) is 288 Å². The van der Waals surface area contributed by atoms with Crippen molar-refractivity contribution in [1.29, 1.82) is 10.5 Å². The molecule has 0 bridgehead atoms. The molecule has 4 N–H and O–H groups in total. The maximum Gasteiger partial charge on any atom is 0.271 e. The number of carbonyl (C=O) groups is 4. The first-order valence-electron chi connectivity index (χ1n) is 29.2. The number of aromatic nitrogens is 8. The van der Waals surface area contributed by atoms with Crippen LogP contribution in [0.2, 0.25) is 5.15 Å². The van der Waals surface area contributed by atoms with Gasteiger partial charge in [0.1, 0.15) is 29.6 Å². The van der Waals surface area contributed by atoms with Gasteiger partial charge >= 0.3 is 0 Å². The summed E-state index contributed by atoms with van der Waals surface area (Å²) in [5.41, 5.74) is 9.37. The van der Waals surface area contributed by atoms with Crippen molar-refractivity contribution in [2.24, 2.45) is 23.5 Å². The molecule has 4 amide bonds. The van der Waals surface area contributed by atoms with Crippen LogP contribution in [0.25, 0.3) is 21.8 Å². The number of halogens is 1. The van der Waals surface area contributed by atoms with Crippen molar-refractivity contribution in [2.45, 2.75) is 96.7 Å². The normalized spacial score (nSPS) is 19.0. The summed E-state index contributed by atoms with van der Waals surface area (Å²) < 4.78 is 0. The molecule has 23 nitrogen and oxygen atoms in total. The van der Waals surface area contributed by atoms with Crippen LogP contribution < -0.4 is 31.1 Å². The first-order valence-corrected chi connectivity index (χ1v) is 29.6. The van der Waals surface area contributed by atoms with Crippen LogP contribution in [0.4, 0.5) is 40.5 Å². The molecule has 0 radical (unpaired) electrons. The minimum Gasteiger partial charge on any atom is -0.364 e. The fourth-order valence-electron chi connectivity index (χ4n) is 11.3. The third kappa shape index (κ3) is 15.9. The molecule has 2 aromatic carbocycles. The molecule has 3 fully saturated rings. The third-order valence-electron chi connectivity index (χ3n) is 16.5. The summed E-state index contributed by atoms with van der Waals surface area (Å²) in [5, 5.41) is 27.0. The van der Waals surface area contributed by atoms with Gasteiger partial charge in [0.05, 0.1) is 29.6 Å². The van der Waals surface area contributed by atoms with Gasteiger partial charge in [-0.25, -0.2) is 29.9 Å². The number of piperidine rings is 3. The zero-order chi connectivity index (χ0) is 62.5. The number of fused-ring (bicyclic) bond motifs is 2. The molecule has 5 aromatic heterocycles. The van der Waals surface area contributed by atoms with Gasteiger partial charge in [-0.15, -0.1) is 0 Å². The molecule has 8 heterocycles. The highest BCUT2D eigenvalue weighted by molar-refractivity contribution is 6.30. The number of hydrogen-bond donors (Lipinski definition) is 3. The van der Waals surface area contributed by atoms with E-state index in [4.69, 9.17) is 32.6 Å². The number of amides is 4. The second-order valence-electron chi connectivity index (χ2n) is 22.9. The van der Waals surface area contributed by atoms with E-state index in [1.165, 1.54) is 0 Å². The summed E-state index contributed by atoms with van der Waals surface area (Å²) in [6, 6.07) is 23.7. The zero-order valence-electron chi connectivity index (χ0n) is 50.9. The predicted molar refractivity (Wildman–Crippen MR) is 338 cm³/mol. The van der Waals surface area contributed by atoms with Gasteiger partial charge in [0.25, 0.3) is 5.91 Å². The maximum absolute atomic E-state index is 12.3. The van der Waals surface area contributed by atoms with E-state index in [1.54, 1.807) is 88.0 Å². The van der Waals surface area contributed by atoms with Crippen LogP contribution in [-0.2, 0) is 14.4 Å². The molecule has 7 aromatic rings. The second-order valence-corrected chi connectivity index (χ2v) is 23.2. The molecular formula is C63H76ClN19O4. The molecule has 3 aliphatic rings. The molecule has 3 aliphatic heterocycles. The van der Waals surface area contributed by atoms with Crippen LogP contribution in [0.5, 0.6) is 0 Å². The highest BCUT2D eigenvalue weighted by Crippen LogP contribution is 2.35. The lowest BCUT2D eigenvalue weighted by atomic mass is 9.87. The minimum absolute atomic E-state index is 0.0778. The summed E-state index contributed by atoms with van der Waals surface area (Å²) in [4.78, 5) is 95.1. The summed E-state index contributed by atoms with van der Waals surface area (Å²) in [7, 11) is 10.7. The number of anilines is 7. The van der Waals surface area contributed by atoms with Crippen LogP contribution in [0.1, 0.15) is 100 Å². The third-order valence-corrected chi connectivity index (χ3v) is 16.8. The Kier molecular flexibility index (Phi) is 21.3. The number of primary amides is 1. The smallest absolute Gasteiger partial charge is 0.271 e. The van der Waals surface area contributed by atoms with Gasteiger partial charge < -0.3 is 45.8 Å². The van der Waals surface area contributed by atoms with Gasteiger partial charge in [-0.2, -0.15) is 10.5 Å². The van der Waals surface area contributed by atoms with E-state index in [9.17, 15) is 24.4 Å². The van der Waals surface area contributed by atoms with Crippen LogP contribution in [-0.4, -0.2) is 158 Å². The van der Waals surface area contributed by atoms with Crippen molar-refractivity contribution in [2.75, 3.05) is 87.3 Å². The SMILES string of the molecule is CC1C(CC(=O)N(C)C)CCCN1c1cnc(C#N)c(Cl)n1.CC1C(CC(=O)N(C)C)CCCN1c1cnc(C#N)c(Nc2ccc3ncccc3c2)n1.CC1C(CC(=O)N(C)C)CCCN1c1cnc(C(N)=O)c(Nc2ccc3ncccc3c2)n1. The van der Waals surface area contributed by atoms with Crippen molar-refractivity contribution < 1.29 is 19.2 Å². The Labute approximate surface area is 513 Å². The Morgan fingerprint density at radius 1 is 0.563 bits per heavy atom. The number of rotatable bonds is 14. The Balaban J connectivity index is 0.000000173. The van der Waals surface area contributed by atoms with Crippen molar-refractivity contribution in [3.05, 3.63) is 114 Å². The molecule has 454 valence electrons. The molecular weight excluding hydrogens is 1120 g/mol. The van der Waals surface area contributed by atoms with Gasteiger partial charge in [-0.3, -0.25) is 29.1 Å². The summed E-state index contributed by atoms with van der Waals surface area (Å²) in [5.74, 6) is 3.26. The molecule has 24 heteroatoms. The van der Waals surface area contributed by atoms with E-state index in [1.807, 2.05) is 66.7 Å². The lowest BCUT2D eigenvalue weighted by molar-refractivity contribution is -0.130. The first kappa shape index (κ1) is 63.7. The van der Waals surface area contributed by atoms with Crippen molar-refractivity contribution in [3.8, 4) is 12.1 Å². The summed E-state index contributed by atoms with van der Waals surface area (Å²) in [6.07, 6.45) is 15.8. The largest absolute Gasteiger partial charge is 0.364 e. The molecule has 6 unspecified atom stereocenters. The number of hydrogen-bond acceptors (Lipinski definition) is 19. The molecule has 0 spiro atoms. The van der Waals surface area contributed by atoms with Crippen molar-refractivity contribution in [3.63, 3.8) is 0 Å². The van der Waals surface area contributed by atoms with Gasteiger partial charge in [0.15, 0.2) is 33.9 Å². The number of carbonyl (C=O) groups excluding carboxylic acids is 4. The van der Waals surface area contributed by atoms with E-state index in [0.29, 0.717) is 48.4 Å². The molecule has 0 saturated carbocycles. The highest BCUT2D eigenvalue weighted by Gasteiger charge is 2.34. The molecule has 0 aliphatic carbocycles. The van der Waals surface area contributed by atoms with Crippen LogP contribution in [0.15, 0.2) is 91.6 Å². The van der Waals surface area contributed by atoms with E-state index < -0.39 is 5.91 Å². The Hall–Kier alpha value is -9.35. The summed E-state index contributed by atoms with van der Waals surface area (Å²) in [6.45, 7) is 8.84. The number of benzene rings is 2. The van der Waals surface area contributed by atoms with Crippen LogP contribution in [0, 0.1) is 40.4 Å². The highest BCUT2D eigenvalue weighted by atomic mass is 35.5. The van der Waals surface area contributed by atoms with Crippen molar-refractivity contribution in [1.82, 2.24) is 54.6 Å². The average molecular weight is 1200 g/mol. The number of nitrogens with two attached hydrogens (primary N) is 1. The molecule has 87 heavy (non-hydrogen) atoms. The van der Waals surface area contributed by atoms with Crippen molar-refractivity contribution >= 4 is 97.5 Å². The lowest BCUT2D eigenvalue weighted by Gasteiger charge is -2.40. The van der Waals surface area contributed by atoms with Crippen LogP contribution >= 0.6 is 11.6 Å². The fraction of sp³-hybridized carbons (Fsp3) is 0.429. The minimum atomic E-state index is -0.653. The maximum atomic E-state index is 12.3. The summed E-state index contributed by atoms with van der Waals surface area (Å²) >= 11 is 5.98. The Morgan fingerprint density at radius 2 is 0.954 bits per heavy atom. The van der Waals surface area contributed by atoms with E-state index >= 15 is 0 Å². The predicted octanol–water partition coefficient (Wildman–Crippen LogP) is 8.76. The first-order chi connectivity index (χ1) is 41.7. The number of pyridine rings is 2. The van der Waals surface area contributed by atoms with E-state index in [2.05, 4.69) is 82.1 Å². The van der Waals surface area contributed by atoms with Crippen LogP contribution in [0.3, 0.4) is 0 Å².